The van der Waals surface area contributed by atoms with E-state index in [0.29, 0.717) is 18.4 Å². The van der Waals surface area contributed by atoms with Gasteiger partial charge in [0.05, 0.1) is 5.60 Å². The number of piperidine rings is 1. The average molecular weight is 476 g/mol. The molecule has 1 amide bonds. The van der Waals surface area contributed by atoms with Crippen LogP contribution in [0.1, 0.15) is 60.3 Å². The number of fused-ring (bicyclic) bond motifs is 5. The van der Waals surface area contributed by atoms with Gasteiger partial charge in [-0.05, 0) is 46.7 Å². The number of ether oxygens (including phenoxy) is 1. The molecule has 2 saturated heterocycles. The Labute approximate surface area is 203 Å². The lowest BCUT2D eigenvalue weighted by molar-refractivity contribution is -0.0532. The standard InChI is InChI=1S/C29H27F2NO3/c30-27(31)18-6-5-7-19(14-18)29(34)15-20-12-13-21(16-29)32(20)28(33)35-17-26-24-10-3-1-8-22(24)23-9-2-4-11-25(23)26/h1-11,14,20-21,26-27,34H,12-13,15-17H2. The van der Waals surface area contributed by atoms with Gasteiger partial charge in [-0.15, -0.1) is 0 Å². The van der Waals surface area contributed by atoms with Crippen molar-refractivity contribution in [2.75, 3.05) is 6.61 Å². The number of rotatable bonds is 4. The highest BCUT2D eigenvalue weighted by atomic mass is 19.3. The number of hydrogen-bond acceptors (Lipinski definition) is 3. The van der Waals surface area contributed by atoms with Crippen LogP contribution in [0.5, 0.6) is 0 Å². The molecule has 6 rings (SSSR count). The summed E-state index contributed by atoms with van der Waals surface area (Å²) in [4.78, 5) is 15.0. The third-order valence-electron chi connectivity index (χ3n) is 7.99. The summed E-state index contributed by atoms with van der Waals surface area (Å²) in [5, 5.41) is 11.4. The van der Waals surface area contributed by atoms with Crippen molar-refractivity contribution >= 4 is 6.09 Å². The molecule has 0 spiro atoms. The summed E-state index contributed by atoms with van der Waals surface area (Å²) in [6.45, 7) is 0.253. The lowest BCUT2D eigenvalue weighted by Gasteiger charge is -2.43. The molecule has 0 saturated carbocycles. The molecule has 1 aliphatic carbocycles. The molecule has 2 heterocycles. The first-order valence-electron chi connectivity index (χ1n) is 12.2. The molecule has 1 N–H and O–H groups in total. The number of benzene rings is 3. The number of nitrogens with zero attached hydrogens (tertiary/aromatic N) is 1. The first-order valence-corrected chi connectivity index (χ1v) is 12.2. The van der Waals surface area contributed by atoms with Gasteiger partial charge in [0.2, 0.25) is 0 Å². The fraction of sp³-hybridized carbons (Fsp3) is 0.345. The third kappa shape index (κ3) is 3.71. The first-order chi connectivity index (χ1) is 16.9. The van der Waals surface area contributed by atoms with Gasteiger partial charge in [-0.2, -0.15) is 0 Å². The molecular weight excluding hydrogens is 448 g/mol. The number of halogens is 2. The van der Waals surface area contributed by atoms with Crippen molar-refractivity contribution in [2.45, 2.75) is 55.7 Å². The zero-order chi connectivity index (χ0) is 24.2. The highest BCUT2D eigenvalue weighted by Gasteiger charge is 2.51. The topological polar surface area (TPSA) is 49.8 Å². The number of carbonyl (C=O) groups excluding carboxylic acids is 1. The summed E-state index contributed by atoms with van der Waals surface area (Å²) < 4.78 is 32.3. The highest BCUT2D eigenvalue weighted by Crippen LogP contribution is 2.47. The molecule has 6 heteroatoms. The summed E-state index contributed by atoms with van der Waals surface area (Å²) >= 11 is 0. The number of amides is 1. The molecule has 2 atom stereocenters. The van der Waals surface area contributed by atoms with Gasteiger partial charge >= 0.3 is 6.09 Å². The average Bonchev–Trinajstić information content (AvgIpc) is 3.34. The quantitative estimate of drug-likeness (QED) is 0.476. The largest absolute Gasteiger partial charge is 0.448 e. The highest BCUT2D eigenvalue weighted by molar-refractivity contribution is 5.79. The Morgan fingerprint density at radius 1 is 0.943 bits per heavy atom. The normalized spacial score (nSPS) is 25.0. The Morgan fingerprint density at radius 3 is 2.14 bits per heavy atom. The van der Waals surface area contributed by atoms with Crippen LogP contribution < -0.4 is 0 Å². The van der Waals surface area contributed by atoms with Crippen LogP contribution in [0.15, 0.2) is 72.8 Å². The van der Waals surface area contributed by atoms with Crippen LogP contribution in [0, 0.1) is 0 Å². The number of aliphatic hydroxyl groups is 1. The molecular formula is C29H27F2NO3. The Balaban J connectivity index is 1.18. The van der Waals surface area contributed by atoms with E-state index in [1.807, 2.05) is 24.3 Å². The number of alkyl halides is 2. The molecule has 35 heavy (non-hydrogen) atoms. The summed E-state index contributed by atoms with van der Waals surface area (Å²) in [7, 11) is 0. The van der Waals surface area contributed by atoms with Crippen LogP contribution in [-0.4, -0.2) is 34.8 Å². The van der Waals surface area contributed by atoms with E-state index < -0.39 is 12.0 Å². The van der Waals surface area contributed by atoms with Crippen LogP contribution >= 0.6 is 0 Å². The Morgan fingerprint density at radius 2 is 1.54 bits per heavy atom. The van der Waals surface area contributed by atoms with Gasteiger partial charge < -0.3 is 14.7 Å². The van der Waals surface area contributed by atoms with Crippen LogP contribution in [-0.2, 0) is 10.3 Å². The van der Waals surface area contributed by atoms with Crippen LogP contribution in [0.25, 0.3) is 11.1 Å². The van der Waals surface area contributed by atoms with E-state index in [1.165, 1.54) is 23.3 Å². The maximum absolute atomic E-state index is 13.3. The lowest BCUT2D eigenvalue weighted by Crippen LogP contribution is -2.52. The Hall–Kier alpha value is -3.25. The lowest BCUT2D eigenvalue weighted by atomic mass is 9.80. The minimum Gasteiger partial charge on any atom is -0.448 e. The molecule has 0 radical (unpaired) electrons. The van der Waals surface area contributed by atoms with Crippen molar-refractivity contribution in [3.8, 4) is 11.1 Å². The molecule has 3 aromatic rings. The summed E-state index contributed by atoms with van der Waals surface area (Å²) in [5.41, 5.74) is 3.86. The molecule has 0 aromatic heterocycles. The van der Waals surface area contributed by atoms with Gasteiger partial charge in [0.25, 0.3) is 6.43 Å². The van der Waals surface area contributed by atoms with Crippen LogP contribution in [0.3, 0.4) is 0 Å². The molecule has 2 aliphatic heterocycles. The zero-order valence-corrected chi connectivity index (χ0v) is 19.2. The summed E-state index contributed by atoms with van der Waals surface area (Å²) in [5.74, 6) is -0.0113. The Bertz CT molecular complexity index is 1220. The molecule has 2 bridgehead atoms. The van der Waals surface area contributed by atoms with E-state index >= 15 is 0 Å². The second-order valence-electron chi connectivity index (χ2n) is 9.96. The monoisotopic (exact) mass is 475 g/mol. The second-order valence-corrected chi connectivity index (χ2v) is 9.96. The van der Waals surface area contributed by atoms with E-state index in [2.05, 4.69) is 24.3 Å². The predicted octanol–water partition coefficient (Wildman–Crippen LogP) is 6.39. The van der Waals surface area contributed by atoms with Crippen molar-refractivity contribution in [3.05, 3.63) is 95.1 Å². The van der Waals surface area contributed by atoms with Crippen LogP contribution in [0.2, 0.25) is 0 Å². The molecule has 2 fully saturated rings. The van der Waals surface area contributed by atoms with Gasteiger partial charge in [-0.1, -0.05) is 66.7 Å². The van der Waals surface area contributed by atoms with Crippen molar-refractivity contribution in [3.63, 3.8) is 0 Å². The molecule has 3 aliphatic rings. The second kappa shape index (κ2) is 8.45. The molecule has 180 valence electrons. The predicted molar refractivity (Wildman–Crippen MR) is 128 cm³/mol. The fourth-order valence-electron chi connectivity index (χ4n) is 6.39. The summed E-state index contributed by atoms with van der Waals surface area (Å²) in [6.07, 6.45) is -0.767. The van der Waals surface area contributed by atoms with Crippen molar-refractivity contribution in [1.82, 2.24) is 4.90 Å². The van der Waals surface area contributed by atoms with Crippen molar-refractivity contribution in [1.29, 1.82) is 0 Å². The van der Waals surface area contributed by atoms with Gasteiger partial charge in [-0.3, -0.25) is 0 Å². The van der Waals surface area contributed by atoms with Gasteiger partial charge in [-0.25, -0.2) is 13.6 Å². The van der Waals surface area contributed by atoms with Gasteiger partial charge in [0, 0.05) is 36.4 Å². The van der Waals surface area contributed by atoms with Gasteiger partial charge in [0.1, 0.15) is 6.61 Å². The SMILES string of the molecule is O=C(OCC1c2ccccc2-c2ccccc21)N1C2CCC1CC(O)(c1cccc(C(F)F)c1)C2. The third-order valence-corrected chi connectivity index (χ3v) is 7.99. The molecule has 4 nitrogen and oxygen atoms in total. The minimum absolute atomic E-state index is 0.0113. The smallest absolute Gasteiger partial charge is 0.410 e. The minimum atomic E-state index is -2.59. The van der Waals surface area contributed by atoms with Gasteiger partial charge in [0.15, 0.2) is 0 Å². The number of carbonyl (C=O) groups is 1. The van der Waals surface area contributed by atoms with E-state index in [-0.39, 0.29) is 36.3 Å². The van der Waals surface area contributed by atoms with Crippen molar-refractivity contribution < 1.29 is 23.4 Å². The molecule has 3 aromatic carbocycles. The summed E-state index contributed by atoms with van der Waals surface area (Å²) in [6, 6.07) is 22.1. The van der Waals surface area contributed by atoms with Crippen molar-refractivity contribution in [2.24, 2.45) is 0 Å². The fourth-order valence-corrected chi connectivity index (χ4v) is 6.39. The Kier molecular flexibility index (Phi) is 5.37. The zero-order valence-electron chi connectivity index (χ0n) is 19.2. The van der Waals surface area contributed by atoms with Crippen LogP contribution in [0.4, 0.5) is 13.6 Å². The first kappa shape index (κ1) is 22.2. The van der Waals surface area contributed by atoms with E-state index in [1.54, 1.807) is 17.0 Å². The number of hydrogen-bond donors (Lipinski definition) is 1. The molecule has 2 unspecified atom stereocenters. The maximum atomic E-state index is 13.3. The van der Waals surface area contributed by atoms with E-state index in [4.69, 9.17) is 4.74 Å². The van der Waals surface area contributed by atoms with E-state index in [9.17, 15) is 18.7 Å². The maximum Gasteiger partial charge on any atom is 0.410 e. The van der Waals surface area contributed by atoms with E-state index in [0.717, 1.165) is 24.0 Å².